The largest absolute Gasteiger partial charge is 0.159 e. The summed E-state index contributed by atoms with van der Waals surface area (Å²) in [4.78, 5) is 0. The van der Waals surface area contributed by atoms with Crippen LogP contribution < -0.4 is 0 Å². The smallest absolute Gasteiger partial charge is 0.0568 e. The molecule has 1 saturated carbocycles. The minimum absolute atomic E-state index is 0.738. The number of aryl methyl sites for hydroxylation is 1. The quantitative estimate of drug-likeness (QED) is 0.153. The van der Waals surface area contributed by atoms with Gasteiger partial charge >= 0.3 is 0 Å². The van der Waals surface area contributed by atoms with Crippen LogP contribution in [-0.4, -0.2) is 12.4 Å². The van der Waals surface area contributed by atoms with E-state index in [1.54, 1.807) is 0 Å². The Hall–Kier alpha value is -2.48. The molecular formula is C29H38N2. The number of unbranched alkanes of at least 4 members (excludes halogenated alkanes) is 2. The van der Waals surface area contributed by atoms with Crippen molar-refractivity contribution in [2.45, 2.75) is 77.0 Å². The van der Waals surface area contributed by atoms with Crippen molar-refractivity contribution in [3.63, 3.8) is 0 Å². The molecule has 0 aliphatic heterocycles. The van der Waals surface area contributed by atoms with Crippen molar-refractivity contribution >= 4 is 12.4 Å². The second-order valence-corrected chi connectivity index (χ2v) is 8.94. The fourth-order valence-electron chi connectivity index (χ4n) is 4.64. The van der Waals surface area contributed by atoms with Gasteiger partial charge in [0.05, 0.1) is 12.4 Å². The molecule has 0 aromatic heterocycles. The van der Waals surface area contributed by atoms with Gasteiger partial charge < -0.3 is 0 Å². The highest BCUT2D eigenvalue weighted by molar-refractivity contribution is 5.82. The molecule has 0 atom stereocenters. The molecule has 0 amide bonds. The Labute approximate surface area is 189 Å². The van der Waals surface area contributed by atoms with Crippen LogP contribution in [0.15, 0.2) is 71.4 Å². The molecule has 2 aromatic rings. The summed E-state index contributed by atoms with van der Waals surface area (Å²) in [6.45, 7) is 6.08. The van der Waals surface area contributed by atoms with Crippen molar-refractivity contribution in [1.29, 1.82) is 0 Å². The van der Waals surface area contributed by atoms with Crippen LogP contribution in [0.2, 0.25) is 0 Å². The van der Waals surface area contributed by atoms with Gasteiger partial charge in [0.15, 0.2) is 0 Å². The van der Waals surface area contributed by atoms with E-state index in [1.807, 2.05) is 18.5 Å². The predicted molar refractivity (Wildman–Crippen MR) is 135 cm³/mol. The molecule has 0 N–H and O–H groups in total. The highest BCUT2D eigenvalue weighted by atomic mass is 15.2. The van der Waals surface area contributed by atoms with Crippen LogP contribution >= 0.6 is 0 Å². The molecule has 0 unspecified atom stereocenters. The first-order valence-corrected chi connectivity index (χ1v) is 12.1. The summed E-state index contributed by atoms with van der Waals surface area (Å²) in [5.74, 6) is 1.70. The SMILES string of the molecule is C=CCCCCc1ccc(C=NN=Cc2ccc([C@H]3CC[C@H](CCC)CC3)cc2)cc1. The van der Waals surface area contributed by atoms with Crippen molar-refractivity contribution in [1.82, 2.24) is 0 Å². The molecular weight excluding hydrogens is 376 g/mol. The van der Waals surface area contributed by atoms with E-state index in [2.05, 4.69) is 72.2 Å². The third kappa shape index (κ3) is 7.94. The average Bonchev–Trinajstić information content (AvgIpc) is 2.82. The predicted octanol–water partition coefficient (Wildman–Crippen LogP) is 8.11. The number of hydrogen-bond acceptors (Lipinski definition) is 2. The summed E-state index contributed by atoms with van der Waals surface area (Å²) < 4.78 is 0. The van der Waals surface area contributed by atoms with Gasteiger partial charge in [-0.2, -0.15) is 10.2 Å². The van der Waals surface area contributed by atoms with Crippen molar-refractivity contribution in [3.8, 4) is 0 Å². The van der Waals surface area contributed by atoms with Gasteiger partial charge in [0, 0.05) is 0 Å². The number of allylic oxidation sites excluding steroid dienone is 1. The second kappa shape index (κ2) is 13.0. The monoisotopic (exact) mass is 414 g/mol. The molecule has 0 spiro atoms. The lowest BCUT2D eigenvalue weighted by Crippen LogP contribution is -2.13. The maximum Gasteiger partial charge on any atom is 0.0568 e. The molecule has 2 heteroatoms. The molecule has 31 heavy (non-hydrogen) atoms. The van der Waals surface area contributed by atoms with Crippen molar-refractivity contribution in [2.75, 3.05) is 0 Å². The van der Waals surface area contributed by atoms with Crippen LogP contribution in [-0.2, 0) is 6.42 Å². The molecule has 0 bridgehead atoms. The lowest BCUT2D eigenvalue weighted by atomic mass is 9.77. The Bertz CT molecular complexity index is 822. The van der Waals surface area contributed by atoms with Crippen molar-refractivity contribution in [2.24, 2.45) is 16.1 Å². The molecule has 0 saturated heterocycles. The van der Waals surface area contributed by atoms with E-state index < -0.39 is 0 Å². The van der Waals surface area contributed by atoms with Crippen LogP contribution in [0.3, 0.4) is 0 Å². The number of nitrogens with zero attached hydrogens (tertiary/aromatic N) is 2. The third-order valence-electron chi connectivity index (χ3n) is 6.54. The molecule has 1 aliphatic carbocycles. The van der Waals surface area contributed by atoms with Gasteiger partial charge in [-0.05, 0) is 85.5 Å². The number of benzene rings is 2. The molecule has 164 valence electrons. The lowest BCUT2D eigenvalue weighted by Gasteiger charge is -2.28. The molecule has 0 radical (unpaired) electrons. The number of hydrogen-bond donors (Lipinski definition) is 0. The molecule has 3 rings (SSSR count). The third-order valence-corrected chi connectivity index (χ3v) is 6.54. The van der Waals surface area contributed by atoms with E-state index in [-0.39, 0.29) is 0 Å². The maximum atomic E-state index is 4.24. The van der Waals surface area contributed by atoms with Gasteiger partial charge in [0.1, 0.15) is 0 Å². The Morgan fingerprint density at radius 2 is 1.45 bits per heavy atom. The van der Waals surface area contributed by atoms with Crippen molar-refractivity contribution in [3.05, 3.63) is 83.4 Å². The van der Waals surface area contributed by atoms with E-state index in [0.717, 1.165) is 35.8 Å². The molecule has 1 aliphatic rings. The summed E-state index contributed by atoms with van der Waals surface area (Å²) in [6.07, 6.45) is 18.5. The summed E-state index contributed by atoms with van der Waals surface area (Å²) in [5.41, 5.74) is 5.06. The van der Waals surface area contributed by atoms with Gasteiger partial charge in [-0.15, -0.1) is 6.58 Å². The zero-order chi connectivity index (χ0) is 21.7. The van der Waals surface area contributed by atoms with Crippen LogP contribution in [0.1, 0.15) is 92.9 Å². The van der Waals surface area contributed by atoms with E-state index in [1.165, 1.54) is 62.5 Å². The number of rotatable bonds is 11. The molecule has 0 heterocycles. The summed E-state index contributed by atoms with van der Waals surface area (Å²) in [7, 11) is 0. The topological polar surface area (TPSA) is 24.7 Å². The minimum atomic E-state index is 0.738. The summed E-state index contributed by atoms with van der Waals surface area (Å²) in [6, 6.07) is 17.5. The zero-order valence-electron chi connectivity index (χ0n) is 19.2. The molecule has 2 aromatic carbocycles. The van der Waals surface area contributed by atoms with Crippen molar-refractivity contribution < 1.29 is 0 Å². The van der Waals surface area contributed by atoms with Gasteiger partial charge in [0.25, 0.3) is 0 Å². The highest BCUT2D eigenvalue weighted by Gasteiger charge is 2.21. The maximum absolute atomic E-state index is 4.24. The fourth-order valence-corrected chi connectivity index (χ4v) is 4.64. The Morgan fingerprint density at radius 1 is 0.839 bits per heavy atom. The van der Waals surface area contributed by atoms with E-state index >= 15 is 0 Å². The first-order valence-electron chi connectivity index (χ1n) is 12.1. The zero-order valence-corrected chi connectivity index (χ0v) is 19.2. The van der Waals surface area contributed by atoms with Gasteiger partial charge in [0.2, 0.25) is 0 Å². The molecule has 1 fully saturated rings. The normalized spacial score (nSPS) is 19.3. The Kier molecular flexibility index (Phi) is 9.76. The van der Waals surface area contributed by atoms with Crippen LogP contribution in [0.25, 0.3) is 0 Å². The minimum Gasteiger partial charge on any atom is -0.159 e. The summed E-state index contributed by atoms with van der Waals surface area (Å²) >= 11 is 0. The van der Waals surface area contributed by atoms with E-state index in [0.29, 0.717) is 0 Å². The second-order valence-electron chi connectivity index (χ2n) is 8.94. The standard InChI is InChI=1S/C29H38N2/c1-3-5-6-7-9-25-10-12-26(13-11-25)22-30-31-23-27-16-20-29(21-17-27)28-18-14-24(8-4-2)15-19-28/h3,10-13,16-17,20-24,28H,1,4-9,14-15,18-19H2,2H3/t24-,28-. The summed E-state index contributed by atoms with van der Waals surface area (Å²) in [5, 5.41) is 8.46. The van der Waals surface area contributed by atoms with E-state index in [9.17, 15) is 0 Å². The van der Waals surface area contributed by atoms with Gasteiger partial charge in [-0.25, -0.2) is 0 Å². The highest BCUT2D eigenvalue weighted by Crippen LogP contribution is 2.37. The average molecular weight is 415 g/mol. The van der Waals surface area contributed by atoms with Crippen LogP contribution in [0, 0.1) is 5.92 Å². The van der Waals surface area contributed by atoms with Gasteiger partial charge in [-0.1, -0.05) is 74.4 Å². The molecule has 2 nitrogen and oxygen atoms in total. The van der Waals surface area contributed by atoms with Gasteiger partial charge in [-0.3, -0.25) is 0 Å². The lowest BCUT2D eigenvalue weighted by molar-refractivity contribution is 0.308. The first-order chi connectivity index (χ1) is 15.3. The first kappa shape index (κ1) is 23.2. The Morgan fingerprint density at radius 3 is 2.03 bits per heavy atom. The van der Waals surface area contributed by atoms with Crippen LogP contribution in [0.5, 0.6) is 0 Å². The fraction of sp³-hybridized carbons (Fsp3) is 0.448. The van der Waals surface area contributed by atoms with E-state index in [4.69, 9.17) is 0 Å². The Balaban J connectivity index is 1.44. The van der Waals surface area contributed by atoms with Crippen LogP contribution in [0.4, 0.5) is 0 Å².